The SMILES string of the molecule is N#Cc1cc(NC(=O)/C=C/c2ccc(N)cc2)ccc1F. The molecule has 2 rings (SSSR count). The monoisotopic (exact) mass is 281 g/mol. The second-order valence-corrected chi connectivity index (χ2v) is 4.30. The summed E-state index contributed by atoms with van der Waals surface area (Å²) in [4.78, 5) is 11.7. The van der Waals surface area contributed by atoms with Crippen LogP contribution in [-0.2, 0) is 4.79 Å². The predicted octanol–water partition coefficient (Wildman–Crippen LogP) is 2.93. The van der Waals surface area contributed by atoms with E-state index in [2.05, 4.69) is 5.32 Å². The summed E-state index contributed by atoms with van der Waals surface area (Å²) in [7, 11) is 0. The number of nitrogens with one attached hydrogen (secondary N) is 1. The lowest BCUT2D eigenvalue weighted by molar-refractivity contribution is -0.111. The van der Waals surface area contributed by atoms with Gasteiger partial charge in [-0.1, -0.05) is 12.1 Å². The molecule has 1 amide bonds. The van der Waals surface area contributed by atoms with Gasteiger partial charge in [-0.05, 0) is 42.0 Å². The van der Waals surface area contributed by atoms with Crippen molar-refractivity contribution >= 4 is 23.4 Å². The minimum atomic E-state index is -0.618. The fourth-order valence-corrected chi connectivity index (χ4v) is 1.65. The van der Waals surface area contributed by atoms with Crippen molar-refractivity contribution in [2.24, 2.45) is 0 Å². The Hall–Kier alpha value is -3.13. The maximum atomic E-state index is 13.1. The number of halogens is 1. The highest BCUT2D eigenvalue weighted by Crippen LogP contribution is 2.14. The van der Waals surface area contributed by atoms with Gasteiger partial charge in [0.15, 0.2) is 0 Å². The van der Waals surface area contributed by atoms with Crippen LogP contribution >= 0.6 is 0 Å². The number of nitrogens with two attached hydrogens (primary N) is 1. The molecule has 0 unspecified atom stereocenters. The van der Waals surface area contributed by atoms with E-state index >= 15 is 0 Å². The van der Waals surface area contributed by atoms with Gasteiger partial charge in [0.2, 0.25) is 5.91 Å². The van der Waals surface area contributed by atoms with Gasteiger partial charge in [0.25, 0.3) is 0 Å². The quantitative estimate of drug-likeness (QED) is 0.670. The van der Waals surface area contributed by atoms with Crippen LogP contribution in [0.1, 0.15) is 11.1 Å². The molecule has 0 spiro atoms. The van der Waals surface area contributed by atoms with Crippen molar-refractivity contribution in [2.45, 2.75) is 0 Å². The molecular weight excluding hydrogens is 269 g/mol. The molecule has 0 saturated heterocycles. The van der Waals surface area contributed by atoms with E-state index in [0.717, 1.165) is 11.6 Å². The largest absolute Gasteiger partial charge is 0.399 e. The molecule has 2 aromatic rings. The molecule has 0 fully saturated rings. The van der Waals surface area contributed by atoms with Crippen molar-refractivity contribution in [3.05, 3.63) is 65.5 Å². The van der Waals surface area contributed by atoms with Gasteiger partial charge in [0.1, 0.15) is 11.9 Å². The van der Waals surface area contributed by atoms with Gasteiger partial charge in [-0.15, -0.1) is 0 Å². The summed E-state index contributed by atoms with van der Waals surface area (Å²) in [6.45, 7) is 0. The van der Waals surface area contributed by atoms with Gasteiger partial charge < -0.3 is 11.1 Å². The summed E-state index contributed by atoms with van der Waals surface area (Å²) >= 11 is 0. The van der Waals surface area contributed by atoms with Crippen LogP contribution in [-0.4, -0.2) is 5.91 Å². The van der Waals surface area contributed by atoms with E-state index in [1.54, 1.807) is 36.4 Å². The van der Waals surface area contributed by atoms with Crippen LogP contribution in [0.15, 0.2) is 48.5 Å². The topological polar surface area (TPSA) is 78.9 Å². The maximum absolute atomic E-state index is 13.1. The third-order valence-electron chi connectivity index (χ3n) is 2.72. The third kappa shape index (κ3) is 3.91. The van der Waals surface area contributed by atoms with Crippen LogP contribution in [0.25, 0.3) is 6.08 Å². The molecule has 5 heteroatoms. The minimum Gasteiger partial charge on any atom is -0.399 e. The standard InChI is InChI=1S/C16H12FN3O/c17-15-7-6-14(9-12(15)10-18)20-16(21)8-3-11-1-4-13(19)5-2-11/h1-9H,19H2,(H,20,21)/b8-3+. The molecule has 0 atom stereocenters. The molecule has 0 bridgehead atoms. The van der Waals surface area contributed by atoms with Crippen molar-refractivity contribution in [1.82, 2.24) is 0 Å². The van der Waals surface area contributed by atoms with E-state index in [9.17, 15) is 9.18 Å². The van der Waals surface area contributed by atoms with E-state index < -0.39 is 5.82 Å². The third-order valence-corrected chi connectivity index (χ3v) is 2.72. The summed E-state index contributed by atoms with van der Waals surface area (Å²) < 4.78 is 13.1. The summed E-state index contributed by atoms with van der Waals surface area (Å²) in [5.41, 5.74) is 7.28. The van der Waals surface area contributed by atoms with Crippen molar-refractivity contribution in [3.8, 4) is 6.07 Å². The summed E-state index contributed by atoms with van der Waals surface area (Å²) in [6.07, 6.45) is 2.98. The van der Waals surface area contributed by atoms with Gasteiger partial charge in [-0.2, -0.15) is 5.26 Å². The van der Waals surface area contributed by atoms with E-state index in [1.165, 1.54) is 18.2 Å². The number of carbonyl (C=O) groups is 1. The highest BCUT2D eigenvalue weighted by atomic mass is 19.1. The number of benzene rings is 2. The zero-order valence-corrected chi connectivity index (χ0v) is 11.0. The Bertz CT molecular complexity index is 730. The number of carbonyl (C=O) groups excluding carboxylic acids is 1. The Labute approximate surface area is 121 Å². The van der Waals surface area contributed by atoms with Crippen LogP contribution in [0.4, 0.5) is 15.8 Å². The summed E-state index contributed by atoms with van der Waals surface area (Å²) in [5.74, 6) is -0.991. The molecule has 0 saturated carbocycles. The van der Waals surface area contributed by atoms with E-state index in [4.69, 9.17) is 11.0 Å². The normalized spacial score (nSPS) is 10.3. The highest BCUT2D eigenvalue weighted by Gasteiger charge is 2.04. The highest BCUT2D eigenvalue weighted by molar-refractivity contribution is 6.02. The van der Waals surface area contributed by atoms with E-state index in [0.29, 0.717) is 11.4 Å². The Morgan fingerprint density at radius 1 is 1.24 bits per heavy atom. The van der Waals surface area contributed by atoms with Gasteiger partial charge in [-0.3, -0.25) is 4.79 Å². The lowest BCUT2D eigenvalue weighted by Gasteiger charge is -2.03. The molecule has 0 aliphatic rings. The second-order valence-electron chi connectivity index (χ2n) is 4.30. The number of rotatable bonds is 3. The van der Waals surface area contributed by atoms with Crippen molar-refractivity contribution in [2.75, 3.05) is 11.1 Å². The fourth-order valence-electron chi connectivity index (χ4n) is 1.65. The van der Waals surface area contributed by atoms with Gasteiger partial charge in [0.05, 0.1) is 5.56 Å². The number of nitrogens with zero attached hydrogens (tertiary/aromatic N) is 1. The number of amides is 1. The van der Waals surface area contributed by atoms with Crippen molar-refractivity contribution < 1.29 is 9.18 Å². The zero-order valence-electron chi connectivity index (χ0n) is 11.0. The first kappa shape index (κ1) is 14.3. The number of hydrogen-bond donors (Lipinski definition) is 2. The fraction of sp³-hybridized carbons (Fsp3) is 0. The molecule has 4 nitrogen and oxygen atoms in total. The molecule has 2 aromatic carbocycles. The number of hydrogen-bond acceptors (Lipinski definition) is 3. The van der Waals surface area contributed by atoms with Crippen LogP contribution in [0.5, 0.6) is 0 Å². The van der Waals surface area contributed by atoms with Gasteiger partial charge >= 0.3 is 0 Å². The molecule has 3 N–H and O–H groups in total. The first-order valence-electron chi connectivity index (χ1n) is 6.13. The van der Waals surface area contributed by atoms with Crippen molar-refractivity contribution in [3.63, 3.8) is 0 Å². The minimum absolute atomic E-state index is 0.115. The number of nitrogen functional groups attached to an aromatic ring is 1. The van der Waals surface area contributed by atoms with Gasteiger partial charge in [-0.25, -0.2) is 4.39 Å². The first-order valence-corrected chi connectivity index (χ1v) is 6.13. The van der Waals surface area contributed by atoms with E-state index in [-0.39, 0.29) is 11.5 Å². The zero-order chi connectivity index (χ0) is 15.2. The van der Waals surface area contributed by atoms with Crippen molar-refractivity contribution in [1.29, 1.82) is 5.26 Å². The first-order chi connectivity index (χ1) is 10.1. The lowest BCUT2D eigenvalue weighted by Crippen LogP contribution is -2.08. The Morgan fingerprint density at radius 2 is 1.95 bits per heavy atom. The maximum Gasteiger partial charge on any atom is 0.248 e. The molecular formula is C16H12FN3O. The summed E-state index contributed by atoms with van der Waals surface area (Å²) in [6, 6.07) is 12.6. The Kier molecular flexibility index (Phi) is 4.32. The van der Waals surface area contributed by atoms with Crippen LogP contribution in [0, 0.1) is 17.1 Å². The van der Waals surface area contributed by atoms with Crippen LogP contribution in [0.2, 0.25) is 0 Å². The molecule has 21 heavy (non-hydrogen) atoms. The molecule has 0 aliphatic heterocycles. The second kappa shape index (κ2) is 6.35. The molecule has 0 aliphatic carbocycles. The molecule has 0 radical (unpaired) electrons. The number of nitriles is 1. The lowest BCUT2D eigenvalue weighted by atomic mass is 10.2. The Balaban J connectivity index is 2.05. The average molecular weight is 281 g/mol. The van der Waals surface area contributed by atoms with Crippen LogP contribution in [0.3, 0.4) is 0 Å². The Morgan fingerprint density at radius 3 is 2.62 bits per heavy atom. The number of anilines is 2. The average Bonchev–Trinajstić information content (AvgIpc) is 2.48. The predicted molar refractivity (Wildman–Crippen MR) is 79.6 cm³/mol. The molecule has 0 aromatic heterocycles. The smallest absolute Gasteiger partial charge is 0.248 e. The van der Waals surface area contributed by atoms with Crippen LogP contribution < -0.4 is 11.1 Å². The summed E-state index contributed by atoms with van der Waals surface area (Å²) in [5, 5.41) is 11.3. The molecule has 0 heterocycles. The van der Waals surface area contributed by atoms with E-state index in [1.807, 2.05) is 0 Å². The molecule has 104 valence electrons. The van der Waals surface area contributed by atoms with Gasteiger partial charge in [0, 0.05) is 17.5 Å².